The quantitative estimate of drug-likeness (QED) is 0.347. The van der Waals surface area contributed by atoms with Gasteiger partial charge in [0.1, 0.15) is 24.2 Å². The first-order valence-corrected chi connectivity index (χ1v) is 18.1. The number of hydrogen-bond donors (Lipinski definition) is 3. The van der Waals surface area contributed by atoms with Crippen molar-refractivity contribution in [1.29, 1.82) is 0 Å². The van der Waals surface area contributed by atoms with Crippen LogP contribution in [-0.4, -0.2) is 73.3 Å². The second-order valence-electron chi connectivity index (χ2n) is 13.1. The summed E-state index contributed by atoms with van der Waals surface area (Å²) in [6.07, 6.45) is 5.79. The number of ether oxygens (including phenoxy) is 1. The van der Waals surface area contributed by atoms with Crippen LogP contribution in [0.25, 0.3) is 16.8 Å². The number of carbonyl (C=O) groups excluding carboxylic acids is 4. The maximum absolute atomic E-state index is 13.4. The number of cyclic esters (lactones) is 1. The van der Waals surface area contributed by atoms with Crippen LogP contribution in [0.15, 0.2) is 36.5 Å². The fourth-order valence-electron chi connectivity index (χ4n) is 4.80. The average Bonchev–Trinajstić information content (AvgIpc) is 2.97. The summed E-state index contributed by atoms with van der Waals surface area (Å²) < 4.78 is 12.1. The Balaban J connectivity index is 1.63. The number of esters is 1. The molecule has 3 N–H and O–H groups in total. The second-order valence-corrected chi connectivity index (χ2v) is 17.9. The molecule has 4 unspecified atom stereocenters. The largest absolute Gasteiger partial charge is 0.457 e. The number of aromatic nitrogens is 1. The van der Waals surface area contributed by atoms with Crippen molar-refractivity contribution < 1.29 is 28.3 Å². The summed E-state index contributed by atoms with van der Waals surface area (Å²) >= 11 is 0. The van der Waals surface area contributed by atoms with Crippen LogP contribution >= 0.6 is 0 Å². The number of fused-ring (bicyclic) bond motifs is 4. The normalized spacial score (nSPS) is 24.6. The van der Waals surface area contributed by atoms with Crippen LogP contribution < -0.4 is 16.1 Å². The third kappa shape index (κ3) is 8.10. The highest BCUT2D eigenvalue weighted by molar-refractivity contribution is 6.74. The van der Waals surface area contributed by atoms with E-state index in [2.05, 4.69) is 54.9 Å². The van der Waals surface area contributed by atoms with Crippen LogP contribution in [0.1, 0.15) is 71.2 Å². The average molecular weight is 624 g/mol. The van der Waals surface area contributed by atoms with E-state index in [4.69, 9.17) is 9.16 Å². The van der Waals surface area contributed by atoms with Crippen LogP contribution in [0.5, 0.6) is 0 Å². The van der Waals surface area contributed by atoms with E-state index in [9.17, 15) is 19.2 Å². The van der Waals surface area contributed by atoms with E-state index in [1.807, 2.05) is 31.2 Å². The zero-order valence-corrected chi connectivity index (χ0v) is 27.7. The first-order valence-electron chi connectivity index (χ1n) is 15.2. The molecule has 0 radical (unpaired) electrons. The highest BCUT2D eigenvalue weighted by atomic mass is 28.4. The van der Waals surface area contributed by atoms with Crippen LogP contribution in [-0.2, 0) is 28.3 Å². The number of benzene rings is 1. The minimum atomic E-state index is -2.25. The highest BCUT2D eigenvalue weighted by Crippen LogP contribution is 2.36. The van der Waals surface area contributed by atoms with Crippen molar-refractivity contribution >= 4 is 48.9 Å². The Labute approximate surface area is 260 Å². The smallest absolute Gasteiger partial charge is 0.325 e. The molecule has 2 aromatic rings. The van der Waals surface area contributed by atoms with E-state index in [1.165, 1.54) is 5.01 Å². The van der Waals surface area contributed by atoms with Gasteiger partial charge in [-0.05, 0) is 74.0 Å². The van der Waals surface area contributed by atoms with Gasteiger partial charge < -0.3 is 19.8 Å². The molecule has 2 aliphatic rings. The Hall–Kier alpha value is -3.61. The van der Waals surface area contributed by atoms with Gasteiger partial charge in [0.2, 0.25) is 11.8 Å². The fraction of sp³-hybridized carbons (Fsp3) is 0.531. The molecule has 2 aliphatic heterocycles. The molecule has 238 valence electrons. The number of amides is 3. The number of rotatable bonds is 3. The molecule has 0 saturated carbocycles. The maximum atomic E-state index is 13.4. The minimum Gasteiger partial charge on any atom is -0.457 e. The van der Waals surface area contributed by atoms with Crippen LogP contribution in [0.4, 0.5) is 0 Å². The van der Waals surface area contributed by atoms with E-state index in [0.29, 0.717) is 25.1 Å². The van der Waals surface area contributed by atoms with E-state index in [1.54, 1.807) is 25.3 Å². The van der Waals surface area contributed by atoms with Gasteiger partial charge in [-0.1, -0.05) is 39.0 Å². The van der Waals surface area contributed by atoms with Gasteiger partial charge in [-0.2, -0.15) is 0 Å². The SMILES string of the molecule is CC1NC(=O)C(CO[Si](C)(C)C(C)(C)C)NC(=O)CC=Cc2cc3cc(ccc3cn2)C(C)OC(=O)C2CCCN(N2)C1=O. The number of carbonyl (C=O) groups is 4. The molecular formula is C32H45N5O6Si. The van der Waals surface area contributed by atoms with Gasteiger partial charge in [0, 0.05) is 24.5 Å². The molecule has 4 atom stereocenters. The zero-order chi connectivity index (χ0) is 32.2. The predicted molar refractivity (Wildman–Crippen MR) is 170 cm³/mol. The first-order chi connectivity index (χ1) is 20.6. The van der Waals surface area contributed by atoms with Gasteiger partial charge in [0.25, 0.3) is 5.91 Å². The topological polar surface area (TPSA) is 139 Å². The molecule has 1 fully saturated rings. The Bertz CT molecular complexity index is 1440. The van der Waals surface area contributed by atoms with Crippen molar-refractivity contribution in [3.8, 4) is 0 Å². The third-order valence-electron chi connectivity index (χ3n) is 8.66. The third-order valence-corrected chi connectivity index (χ3v) is 13.2. The van der Waals surface area contributed by atoms with Gasteiger partial charge >= 0.3 is 5.97 Å². The van der Waals surface area contributed by atoms with Crippen LogP contribution in [0.3, 0.4) is 0 Å². The number of nitrogens with one attached hydrogen (secondary N) is 3. The lowest BCUT2D eigenvalue weighted by Crippen LogP contribution is -2.61. The Kier molecular flexibility index (Phi) is 10.3. The number of nitrogens with zero attached hydrogens (tertiary/aromatic N) is 2. The predicted octanol–water partition coefficient (Wildman–Crippen LogP) is 3.76. The lowest BCUT2D eigenvalue weighted by Gasteiger charge is -2.37. The van der Waals surface area contributed by atoms with E-state index in [0.717, 1.165) is 16.3 Å². The molecule has 5 bridgehead atoms. The van der Waals surface area contributed by atoms with E-state index in [-0.39, 0.29) is 24.0 Å². The van der Waals surface area contributed by atoms with Gasteiger partial charge in [0.05, 0.1) is 12.3 Å². The van der Waals surface area contributed by atoms with Crippen molar-refractivity contribution in [2.75, 3.05) is 13.2 Å². The van der Waals surface area contributed by atoms with Crippen molar-refractivity contribution in [3.63, 3.8) is 0 Å². The summed E-state index contributed by atoms with van der Waals surface area (Å²) in [5.74, 6) is -1.74. The molecule has 0 spiro atoms. The van der Waals surface area contributed by atoms with Crippen molar-refractivity contribution in [1.82, 2.24) is 26.1 Å². The monoisotopic (exact) mass is 623 g/mol. The standard InChI is InChI=1S/C32H45N5O6Si/c1-20-30(40)37-15-9-11-26(36-37)31(41)43-21(2)22-13-14-23-18-33-25(17-24(23)16-22)10-8-12-28(38)35-27(29(39)34-20)19-42-44(6,7)32(3,4)5/h8,10,13-14,16-18,20-21,26-27,36H,9,11-12,15,19H2,1-7H3,(H,34,39)(H,35,38). The second kappa shape index (κ2) is 13.6. The van der Waals surface area contributed by atoms with Crippen molar-refractivity contribution in [2.45, 2.75) is 96.2 Å². The van der Waals surface area contributed by atoms with E-state index >= 15 is 0 Å². The molecule has 3 amide bonds. The van der Waals surface area contributed by atoms with Gasteiger partial charge in [-0.25, -0.2) is 5.43 Å². The molecule has 44 heavy (non-hydrogen) atoms. The molecule has 0 aliphatic carbocycles. The summed E-state index contributed by atoms with van der Waals surface area (Å²) in [4.78, 5) is 57.4. The summed E-state index contributed by atoms with van der Waals surface area (Å²) in [6.45, 7) is 14.2. The van der Waals surface area contributed by atoms with Gasteiger partial charge in [-0.15, -0.1) is 0 Å². The summed E-state index contributed by atoms with van der Waals surface area (Å²) in [7, 11) is -2.25. The number of hydrogen-bond acceptors (Lipinski definition) is 8. The molecule has 1 saturated heterocycles. The maximum Gasteiger partial charge on any atom is 0.325 e. The Morgan fingerprint density at radius 1 is 1.07 bits per heavy atom. The minimum absolute atomic E-state index is 0.0180. The van der Waals surface area contributed by atoms with E-state index < -0.39 is 50.3 Å². The summed E-state index contributed by atoms with van der Waals surface area (Å²) in [6, 6.07) is 5.04. The van der Waals surface area contributed by atoms with Crippen molar-refractivity contribution in [2.24, 2.45) is 0 Å². The molecule has 1 aromatic carbocycles. The number of pyridine rings is 1. The Morgan fingerprint density at radius 3 is 2.55 bits per heavy atom. The Morgan fingerprint density at radius 2 is 1.82 bits per heavy atom. The van der Waals surface area contributed by atoms with Crippen molar-refractivity contribution in [3.05, 3.63) is 47.8 Å². The van der Waals surface area contributed by atoms with Gasteiger partial charge in [0.15, 0.2) is 8.32 Å². The molecule has 1 aromatic heterocycles. The molecule has 11 nitrogen and oxygen atoms in total. The first kappa shape index (κ1) is 33.3. The van der Waals surface area contributed by atoms with Crippen LogP contribution in [0, 0.1) is 0 Å². The lowest BCUT2D eigenvalue weighted by atomic mass is 10.0. The fourth-order valence-corrected chi connectivity index (χ4v) is 5.82. The summed E-state index contributed by atoms with van der Waals surface area (Å²) in [5, 5.41) is 8.64. The van der Waals surface area contributed by atoms with Crippen LogP contribution in [0.2, 0.25) is 18.1 Å². The van der Waals surface area contributed by atoms with Gasteiger partial charge in [-0.3, -0.25) is 29.2 Å². The molecule has 3 heterocycles. The zero-order valence-electron chi connectivity index (χ0n) is 26.7. The lowest BCUT2D eigenvalue weighted by molar-refractivity contribution is -0.157. The molecule has 4 rings (SSSR count). The number of hydrazine groups is 1. The molecular weight excluding hydrogens is 578 g/mol. The summed E-state index contributed by atoms with van der Waals surface area (Å²) in [5.41, 5.74) is 4.48. The molecule has 12 heteroatoms. The highest BCUT2D eigenvalue weighted by Gasteiger charge is 2.39.